The monoisotopic (exact) mass is 408 g/mol. The molecule has 30 heavy (non-hydrogen) atoms. The minimum Gasteiger partial charge on any atom is -0.458 e. The molecule has 156 valence electrons. The Hall–Kier alpha value is -2.99. The second-order valence-corrected chi connectivity index (χ2v) is 8.18. The van der Waals surface area contributed by atoms with Crippen molar-refractivity contribution >= 4 is 23.8 Å². The highest BCUT2D eigenvalue weighted by molar-refractivity contribution is 5.97. The lowest BCUT2D eigenvalue weighted by molar-refractivity contribution is -0.147. The molecule has 1 aliphatic heterocycles. The highest BCUT2D eigenvalue weighted by Gasteiger charge is 2.57. The summed E-state index contributed by atoms with van der Waals surface area (Å²) in [5.41, 5.74) is 1.67. The van der Waals surface area contributed by atoms with Crippen molar-refractivity contribution in [3.63, 3.8) is 0 Å². The molecule has 0 radical (unpaired) electrons. The van der Waals surface area contributed by atoms with Gasteiger partial charge in [0.05, 0.1) is 12.5 Å². The molecule has 6 heteroatoms. The van der Waals surface area contributed by atoms with Gasteiger partial charge in [-0.15, -0.1) is 0 Å². The zero-order valence-corrected chi connectivity index (χ0v) is 16.7. The number of allylic oxidation sites excluding steroid dienone is 1. The summed E-state index contributed by atoms with van der Waals surface area (Å²) in [6, 6.07) is 9.37. The molecule has 2 fully saturated rings. The fraction of sp³-hybridized carbons (Fsp3) is 0.375. The molecular formula is C24H24O6. The van der Waals surface area contributed by atoms with Crippen LogP contribution in [0.4, 0.5) is 0 Å². The van der Waals surface area contributed by atoms with E-state index in [1.165, 1.54) is 12.2 Å². The number of fused-ring (bicyclic) bond motifs is 3. The lowest BCUT2D eigenvalue weighted by atomic mass is 9.78. The van der Waals surface area contributed by atoms with Gasteiger partial charge in [-0.3, -0.25) is 4.79 Å². The fourth-order valence-corrected chi connectivity index (χ4v) is 5.02. The molecule has 6 atom stereocenters. The van der Waals surface area contributed by atoms with Crippen LogP contribution in [-0.2, 0) is 23.9 Å². The van der Waals surface area contributed by atoms with Crippen molar-refractivity contribution in [3.8, 4) is 0 Å². The summed E-state index contributed by atoms with van der Waals surface area (Å²) in [5.74, 6) is -2.66. The van der Waals surface area contributed by atoms with Crippen LogP contribution in [0.3, 0.4) is 0 Å². The van der Waals surface area contributed by atoms with Crippen LogP contribution in [0.15, 0.2) is 60.2 Å². The van der Waals surface area contributed by atoms with Gasteiger partial charge in [-0.25, -0.2) is 9.59 Å². The van der Waals surface area contributed by atoms with Crippen molar-refractivity contribution in [2.45, 2.75) is 25.6 Å². The van der Waals surface area contributed by atoms with Crippen molar-refractivity contribution in [2.24, 2.45) is 23.7 Å². The van der Waals surface area contributed by atoms with Gasteiger partial charge in [0.2, 0.25) is 0 Å². The predicted octanol–water partition coefficient (Wildman–Crippen LogP) is 2.48. The maximum Gasteiger partial charge on any atom is 0.334 e. The number of aliphatic hydroxyl groups is 1. The molecule has 0 bridgehead atoms. The molecule has 0 spiro atoms. The molecule has 4 rings (SSSR count). The lowest BCUT2D eigenvalue weighted by Gasteiger charge is -2.28. The first-order valence-corrected chi connectivity index (χ1v) is 10.1. The molecule has 1 saturated heterocycles. The van der Waals surface area contributed by atoms with E-state index in [-0.39, 0.29) is 23.9 Å². The number of aliphatic hydroxyl groups excluding tert-OH is 1. The fourth-order valence-electron chi connectivity index (χ4n) is 5.02. The molecule has 3 aliphatic rings. The quantitative estimate of drug-likeness (QED) is 0.608. The van der Waals surface area contributed by atoms with Gasteiger partial charge < -0.3 is 14.6 Å². The highest BCUT2D eigenvalue weighted by atomic mass is 16.6. The zero-order valence-electron chi connectivity index (χ0n) is 16.7. The summed E-state index contributed by atoms with van der Waals surface area (Å²) in [7, 11) is 0. The standard InChI is InChI=1S/C24H24O6/c1-13-10-18(29-19(27)9-8-15-6-4-3-5-7-15)21-14(2)24(28)30-23(21)22-16(12-25)11-17(26)20(13)22/h3-9,11,13,18,20-23,25H,2,10,12H2,1H3/b9-8+/t13-,18-,20+,21+,22-,23-/m0/s1. The Morgan fingerprint density at radius 2 is 1.97 bits per heavy atom. The minimum atomic E-state index is -0.680. The van der Waals surface area contributed by atoms with Gasteiger partial charge >= 0.3 is 11.9 Å². The molecule has 6 nitrogen and oxygen atoms in total. The summed E-state index contributed by atoms with van der Waals surface area (Å²) in [6.07, 6.45) is 3.56. The Kier molecular flexibility index (Phi) is 5.43. The SMILES string of the molecule is C=C1C(=O)O[C@@H]2[C@H]3C(CO)=CC(=O)[C@H]3[C@@H](C)C[C@H](OC(=O)/C=C/c3ccccc3)[C@@H]12. The Morgan fingerprint density at radius 3 is 2.67 bits per heavy atom. The first-order chi connectivity index (χ1) is 14.4. The Balaban J connectivity index is 1.61. The molecule has 1 N–H and O–H groups in total. The first-order valence-electron chi connectivity index (χ1n) is 10.1. The van der Waals surface area contributed by atoms with Crippen LogP contribution in [-0.4, -0.2) is 41.6 Å². The predicted molar refractivity (Wildman–Crippen MR) is 109 cm³/mol. The molecule has 1 aromatic carbocycles. The van der Waals surface area contributed by atoms with Crippen LogP contribution >= 0.6 is 0 Å². The van der Waals surface area contributed by atoms with Gasteiger partial charge in [0.25, 0.3) is 0 Å². The van der Waals surface area contributed by atoms with Crippen LogP contribution in [0.1, 0.15) is 18.9 Å². The van der Waals surface area contributed by atoms with Crippen LogP contribution < -0.4 is 0 Å². The lowest BCUT2D eigenvalue weighted by Crippen LogP contribution is -2.37. The summed E-state index contributed by atoms with van der Waals surface area (Å²) in [4.78, 5) is 37.4. The number of rotatable bonds is 4. The second kappa shape index (κ2) is 8.03. The molecule has 1 saturated carbocycles. The Labute approximate surface area is 174 Å². The average Bonchev–Trinajstić information content (AvgIpc) is 3.18. The van der Waals surface area contributed by atoms with E-state index in [2.05, 4.69) is 6.58 Å². The summed E-state index contributed by atoms with van der Waals surface area (Å²) >= 11 is 0. The number of carbonyl (C=O) groups is 3. The van der Waals surface area contributed by atoms with Crippen molar-refractivity contribution < 1.29 is 29.0 Å². The van der Waals surface area contributed by atoms with Crippen molar-refractivity contribution in [1.82, 2.24) is 0 Å². The second-order valence-electron chi connectivity index (χ2n) is 8.18. The Morgan fingerprint density at radius 1 is 1.23 bits per heavy atom. The molecule has 0 amide bonds. The maximum absolute atomic E-state index is 12.6. The third-order valence-corrected chi connectivity index (χ3v) is 6.37. The van der Waals surface area contributed by atoms with Crippen LogP contribution in [0.25, 0.3) is 6.08 Å². The molecule has 1 heterocycles. The van der Waals surface area contributed by atoms with Crippen molar-refractivity contribution in [2.75, 3.05) is 6.61 Å². The smallest absolute Gasteiger partial charge is 0.334 e. The van der Waals surface area contributed by atoms with Gasteiger partial charge in [-0.2, -0.15) is 0 Å². The van der Waals surface area contributed by atoms with Crippen LogP contribution in [0, 0.1) is 23.7 Å². The molecule has 1 aromatic rings. The topological polar surface area (TPSA) is 89.9 Å². The van der Waals surface area contributed by atoms with E-state index in [1.54, 1.807) is 6.08 Å². The number of hydrogen-bond donors (Lipinski definition) is 1. The molecule has 2 aliphatic carbocycles. The number of ketones is 1. The van der Waals surface area contributed by atoms with Gasteiger partial charge in [-0.05, 0) is 35.6 Å². The van der Waals surface area contributed by atoms with E-state index in [9.17, 15) is 19.5 Å². The summed E-state index contributed by atoms with van der Waals surface area (Å²) < 4.78 is 11.3. The van der Waals surface area contributed by atoms with E-state index in [1.807, 2.05) is 37.3 Å². The number of carbonyl (C=O) groups excluding carboxylic acids is 3. The number of benzene rings is 1. The molecular weight excluding hydrogens is 384 g/mol. The third-order valence-electron chi connectivity index (χ3n) is 6.37. The molecule has 0 unspecified atom stereocenters. The Bertz CT molecular complexity index is 944. The van der Waals surface area contributed by atoms with Gasteiger partial charge in [-0.1, -0.05) is 43.8 Å². The normalized spacial score (nSPS) is 33.0. The van der Waals surface area contributed by atoms with E-state index in [4.69, 9.17) is 9.47 Å². The van der Waals surface area contributed by atoms with E-state index in [0.717, 1.165) is 5.56 Å². The largest absolute Gasteiger partial charge is 0.458 e. The number of ether oxygens (including phenoxy) is 2. The van der Waals surface area contributed by atoms with E-state index < -0.39 is 41.9 Å². The zero-order chi connectivity index (χ0) is 21.4. The van der Waals surface area contributed by atoms with E-state index >= 15 is 0 Å². The first kappa shape index (κ1) is 20.3. The third kappa shape index (κ3) is 3.52. The summed E-state index contributed by atoms with van der Waals surface area (Å²) in [5, 5.41) is 9.76. The van der Waals surface area contributed by atoms with Crippen molar-refractivity contribution in [3.05, 3.63) is 65.8 Å². The maximum atomic E-state index is 12.6. The van der Waals surface area contributed by atoms with E-state index in [0.29, 0.717) is 12.0 Å². The average molecular weight is 408 g/mol. The van der Waals surface area contributed by atoms with Gasteiger partial charge in [0.15, 0.2) is 5.78 Å². The van der Waals surface area contributed by atoms with Crippen LogP contribution in [0.2, 0.25) is 0 Å². The molecule has 0 aromatic heterocycles. The highest BCUT2D eigenvalue weighted by Crippen LogP contribution is 2.50. The minimum absolute atomic E-state index is 0.0835. The number of esters is 2. The van der Waals surface area contributed by atoms with Gasteiger partial charge in [0.1, 0.15) is 12.2 Å². The van der Waals surface area contributed by atoms with Crippen molar-refractivity contribution in [1.29, 1.82) is 0 Å². The number of hydrogen-bond acceptors (Lipinski definition) is 6. The summed E-state index contributed by atoms with van der Waals surface area (Å²) in [6.45, 7) is 5.52. The van der Waals surface area contributed by atoms with Crippen LogP contribution in [0.5, 0.6) is 0 Å². The van der Waals surface area contributed by atoms with Gasteiger partial charge in [0, 0.05) is 23.5 Å².